The van der Waals surface area contributed by atoms with Crippen molar-refractivity contribution in [1.29, 1.82) is 0 Å². The van der Waals surface area contributed by atoms with E-state index < -0.39 is 0 Å². The average molecular weight is 336 g/mol. The molecular formula is C19H20N4O2. The van der Waals surface area contributed by atoms with Crippen molar-refractivity contribution >= 4 is 11.7 Å². The van der Waals surface area contributed by atoms with Crippen LogP contribution in [0.4, 0.5) is 5.82 Å². The van der Waals surface area contributed by atoms with Crippen LogP contribution in [0, 0.1) is 6.92 Å². The molecule has 0 saturated carbocycles. The van der Waals surface area contributed by atoms with Crippen LogP contribution in [-0.4, -0.2) is 27.3 Å². The molecule has 0 aliphatic heterocycles. The van der Waals surface area contributed by atoms with Crippen molar-refractivity contribution in [3.05, 3.63) is 72.2 Å². The molecule has 6 heteroatoms. The summed E-state index contributed by atoms with van der Waals surface area (Å²) in [5.41, 5.74) is 2.34. The third-order valence-electron chi connectivity index (χ3n) is 3.68. The van der Waals surface area contributed by atoms with Crippen LogP contribution in [0.2, 0.25) is 0 Å². The monoisotopic (exact) mass is 336 g/mol. The normalized spacial score (nSPS) is 10.4. The number of hydrogen-bond acceptors (Lipinski definition) is 4. The van der Waals surface area contributed by atoms with Crippen LogP contribution in [0.1, 0.15) is 11.1 Å². The molecule has 0 aliphatic rings. The molecule has 2 heterocycles. The number of benzene rings is 1. The Morgan fingerprint density at radius 3 is 2.64 bits per heavy atom. The van der Waals surface area contributed by atoms with E-state index in [1.807, 2.05) is 49.5 Å². The lowest BCUT2D eigenvalue weighted by molar-refractivity contribution is -0.118. The highest BCUT2D eigenvalue weighted by molar-refractivity contribution is 5.90. The summed E-state index contributed by atoms with van der Waals surface area (Å²) < 4.78 is 7.26. The van der Waals surface area contributed by atoms with E-state index in [4.69, 9.17) is 4.74 Å². The number of carbonyl (C=O) groups excluding carboxylic acids is 1. The molecule has 6 nitrogen and oxygen atoms in total. The topological polar surface area (TPSA) is 69.0 Å². The van der Waals surface area contributed by atoms with Crippen LogP contribution < -0.4 is 10.1 Å². The molecular weight excluding hydrogens is 316 g/mol. The lowest BCUT2D eigenvalue weighted by atomic mass is 10.2. The van der Waals surface area contributed by atoms with Gasteiger partial charge in [-0.15, -0.1) is 0 Å². The molecule has 1 N–H and O–H groups in total. The quantitative estimate of drug-likeness (QED) is 0.720. The van der Waals surface area contributed by atoms with Crippen LogP contribution in [0.25, 0.3) is 0 Å². The van der Waals surface area contributed by atoms with Gasteiger partial charge < -0.3 is 10.1 Å². The zero-order chi connectivity index (χ0) is 17.5. The summed E-state index contributed by atoms with van der Waals surface area (Å²) >= 11 is 0. The van der Waals surface area contributed by atoms with E-state index in [9.17, 15) is 4.79 Å². The standard InChI is InChI=1S/C19H20N4O2/c1-15-2-4-17(5-3-15)25-14-19(24)21-18-9-13-23(22-18)12-8-16-6-10-20-11-7-16/h2-7,9-11,13H,8,12,14H2,1H3,(H,21,22,24). The number of aromatic nitrogens is 3. The molecule has 0 saturated heterocycles. The van der Waals surface area contributed by atoms with Gasteiger partial charge in [-0.2, -0.15) is 5.10 Å². The first-order valence-corrected chi connectivity index (χ1v) is 8.11. The van der Waals surface area contributed by atoms with Gasteiger partial charge in [0.25, 0.3) is 5.91 Å². The largest absolute Gasteiger partial charge is 0.484 e. The number of nitrogens with one attached hydrogen (secondary N) is 1. The fourth-order valence-electron chi connectivity index (χ4n) is 2.31. The van der Waals surface area contributed by atoms with Gasteiger partial charge in [-0.05, 0) is 43.2 Å². The van der Waals surface area contributed by atoms with Crippen LogP contribution in [0.15, 0.2) is 61.1 Å². The molecule has 0 bridgehead atoms. The van der Waals surface area contributed by atoms with E-state index in [1.165, 1.54) is 5.56 Å². The smallest absolute Gasteiger partial charge is 0.263 e. The first kappa shape index (κ1) is 16.7. The minimum atomic E-state index is -0.236. The van der Waals surface area contributed by atoms with Gasteiger partial charge in [0.05, 0.1) is 0 Å². The molecule has 0 radical (unpaired) electrons. The highest BCUT2D eigenvalue weighted by Gasteiger charge is 2.06. The summed E-state index contributed by atoms with van der Waals surface area (Å²) in [6.45, 7) is 2.69. The summed E-state index contributed by atoms with van der Waals surface area (Å²) in [5.74, 6) is 0.954. The second-order valence-electron chi connectivity index (χ2n) is 5.72. The maximum atomic E-state index is 11.9. The van der Waals surface area contributed by atoms with Crippen molar-refractivity contribution in [2.75, 3.05) is 11.9 Å². The summed E-state index contributed by atoms with van der Waals surface area (Å²) in [6, 6.07) is 13.3. The van der Waals surface area contributed by atoms with Gasteiger partial charge in [0.15, 0.2) is 12.4 Å². The first-order chi connectivity index (χ1) is 12.2. The Bertz CT molecular complexity index is 813. The number of amides is 1. The van der Waals surface area contributed by atoms with E-state index in [1.54, 1.807) is 23.1 Å². The maximum absolute atomic E-state index is 11.9. The number of pyridine rings is 1. The SMILES string of the molecule is Cc1ccc(OCC(=O)Nc2ccn(CCc3ccncc3)n2)cc1. The Labute approximate surface area is 146 Å². The van der Waals surface area contributed by atoms with Gasteiger partial charge in [0.2, 0.25) is 0 Å². The lowest BCUT2D eigenvalue weighted by Crippen LogP contribution is -2.20. The molecule has 3 rings (SSSR count). The third-order valence-corrected chi connectivity index (χ3v) is 3.68. The number of hydrogen-bond donors (Lipinski definition) is 1. The summed E-state index contributed by atoms with van der Waals surface area (Å²) in [6.07, 6.45) is 6.25. The minimum Gasteiger partial charge on any atom is -0.484 e. The van der Waals surface area contributed by atoms with Gasteiger partial charge in [-0.3, -0.25) is 14.5 Å². The maximum Gasteiger partial charge on any atom is 0.263 e. The predicted octanol–water partition coefficient (Wildman–Crippen LogP) is 2.85. The minimum absolute atomic E-state index is 0.0487. The average Bonchev–Trinajstić information content (AvgIpc) is 3.08. The molecule has 0 atom stereocenters. The Balaban J connectivity index is 1.45. The van der Waals surface area contributed by atoms with Gasteiger partial charge >= 0.3 is 0 Å². The van der Waals surface area contributed by atoms with Gasteiger partial charge in [-0.25, -0.2) is 0 Å². The van der Waals surface area contributed by atoms with Crippen molar-refractivity contribution in [1.82, 2.24) is 14.8 Å². The molecule has 0 fully saturated rings. The summed E-state index contributed by atoms with van der Waals surface area (Å²) in [4.78, 5) is 15.9. The highest BCUT2D eigenvalue weighted by atomic mass is 16.5. The zero-order valence-corrected chi connectivity index (χ0v) is 14.1. The van der Waals surface area contributed by atoms with Crippen molar-refractivity contribution in [2.45, 2.75) is 19.9 Å². The summed E-state index contributed by atoms with van der Waals surface area (Å²) in [7, 11) is 0. The fourth-order valence-corrected chi connectivity index (χ4v) is 2.31. The van der Waals surface area contributed by atoms with E-state index in [-0.39, 0.29) is 12.5 Å². The number of rotatable bonds is 7. The molecule has 3 aromatic rings. The number of anilines is 1. The Morgan fingerprint density at radius 2 is 1.88 bits per heavy atom. The van der Waals surface area contributed by atoms with Crippen molar-refractivity contribution in [3.63, 3.8) is 0 Å². The molecule has 1 aromatic carbocycles. The van der Waals surface area contributed by atoms with E-state index in [0.29, 0.717) is 11.6 Å². The van der Waals surface area contributed by atoms with Crippen molar-refractivity contribution in [3.8, 4) is 5.75 Å². The fraction of sp³-hybridized carbons (Fsp3) is 0.211. The van der Waals surface area contributed by atoms with Gasteiger partial charge in [-0.1, -0.05) is 17.7 Å². The van der Waals surface area contributed by atoms with Gasteiger partial charge in [0, 0.05) is 31.2 Å². The van der Waals surface area contributed by atoms with E-state index in [0.717, 1.165) is 18.5 Å². The summed E-state index contributed by atoms with van der Waals surface area (Å²) in [5, 5.41) is 7.08. The van der Waals surface area contributed by atoms with E-state index in [2.05, 4.69) is 15.4 Å². The molecule has 2 aromatic heterocycles. The predicted molar refractivity (Wildman–Crippen MR) is 95.5 cm³/mol. The molecule has 128 valence electrons. The molecule has 1 amide bonds. The Morgan fingerprint density at radius 1 is 1.12 bits per heavy atom. The Hall–Kier alpha value is -3.15. The molecule has 0 spiro atoms. The number of carbonyl (C=O) groups is 1. The Kier molecular flexibility index (Phi) is 5.41. The van der Waals surface area contributed by atoms with Crippen LogP contribution >= 0.6 is 0 Å². The lowest BCUT2D eigenvalue weighted by Gasteiger charge is -2.06. The van der Waals surface area contributed by atoms with Crippen LogP contribution in [-0.2, 0) is 17.8 Å². The molecule has 25 heavy (non-hydrogen) atoms. The zero-order valence-electron chi connectivity index (χ0n) is 14.1. The first-order valence-electron chi connectivity index (χ1n) is 8.11. The molecule has 0 aliphatic carbocycles. The van der Waals surface area contributed by atoms with Crippen LogP contribution in [0.5, 0.6) is 5.75 Å². The third kappa shape index (κ3) is 5.17. The second-order valence-corrected chi connectivity index (χ2v) is 5.72. The van der Waals surface area contributed by atoms with Gasteiger partial charge in [0.1, 0.15) is 5.75 Å². The van der Waals surface area contributed by atoms with Crippen LogP contribution in [0.3, 0.4) is 0 Å². The molecule has 0 unspecified atom stereocenters. The van der Waals surface area contributed by atoms with Crippen molar-refractivity contribution in [2.24, 2.45) is 0 Å². The number of ether oxygens (including phenoxy) is 1. The second kappa shape index (κ2) is 8.10. The van der Waals surface area contributed by atoms with Crippen molar-refractivity contribution < 1.29 is 9.53 Å². The van der Waals surface area contributed by atoms with E-state index >= 15 is 0 Å². The highest BCUT2D eigenvalue weighted by Crippen LogP contribution is 2.11. The number of nitrogens with zero attached hydrogens (tertiary/aromatic N) is 3. The number of aryl methyl sites for hydroxylation is 3.